The minimum atomic E-state index is -0.0338. The Hall–Kier alpha value is -0.120. The number of nitrogens with one attached hydrogen (secondary N) is 1. The average molecular weight is 378 g/mol. The van der Waals surface area contributed by atoms with E-state index < -0.39 is 0 Å². The predicted molar refractivity (Wildman–Crippen MR) is 110 cm³/mol. The van der Waals surface area contributed by atoms with E-state index in [1.54, 1.807) is 0 Å². The molecule has 4 rings (SSSR count). The monoisotopic (exact) mass is 377 g/mol. The second kappa shape index (κ2) is 7.61. The molecule has 0 bridgehead atoms. The lowest BCUT2D eigenvalue weighted by Gasteiger charge is -2.60. The van der Waals surface area contributed by atoms with Crippen LogP contribution in [0.4, 0.5) is 0 Å². The number of fused-ring (bicyclic) bond motifs is 5. The van der Waals surface area contributed by atoms with Gasteiger partial charge in [-0.1, -0.05) is 20.8 Å². The van der Waals surface area contributed by atoms with Crippen LogP contribution in [0, 0.1) is 40.4 Å². The summed E-state index contributed by atoms with van der Waals surface area (Å²) in [6.45, 7) is 8.70. The maximum atomic E-state index is 10.2. The fourth-order valence-corrected chi connectivity index (χ4v) is 8.27. The van der Waals surface area contributed by atoms with Crippen LogP contribution in [0.3, 0.4) is 0 Å². The van der Waals surface area contributed by atoms with Gasteiger partial charge in [-0.3, -0.25) is 0 Å². The molecule has 0 saturated heterocycles. The second-order valence-electron chi connectivity index (χ2n) is 11.3. The van der Waals surface area contributed by atoms with Crippen LogP contribution in [-0.4, -0.2) is 35.5 Å². The zero-order valence-electron chi connectivity index (χ0n) is 17.9. The lowest BCUT2D eigenvalue weighted by atomic mass is 9.45. The third-order valence-electron chi connectivity index (χ3n) is 9.91. The van der Waals surface area contributed by atoms with E-state index in [0.29, 0.717) is 10.8 Å². The van der Waals surface area contributed by atoms with Crippen LogP contribution in [-0.2, 0) is 0 Å². The third-order valence-corrected chi connectivity index (χ3v) is 9.91. The van der Waals surface area contributed by atoms with Crippen LogP contribution in [0.15, 0.2) is 0 Å². The number of rotatable bonds is 5. The summed E-state index contributed by atoms with van der Waals surface area (Å²) < 4.78 is 0. The minimum Gasteiger partial charge on any atom is -0.395 e. The van der Waals surface area contributed by atoms with Gasteiger partial charge in [0.25, 0.3) is 0 Å². The maximum absolute atomic E-state index is 10.2. The fourth-order valence-electron chi connectivity index (χ4n) is 8.27. The van der Waals surface area contributed by atoms with Gasteiger partial charge in [0.05, 0.1) is 12.7 Å². The van der Waals surface area contributed by atoms with E-state index in [1.165, 1.54) is 44.9 Å². The Bertz CT molecular complexity index is 521. The summed E-state index contributed by atoms with van der Waals surface area (Å²) in [6.07, 6.45) is 12.7. The molecular formula is C24H43NO2. The summed E-state index contributed by atoms with van der Waals surface area (Å²) in [5.41, 5.74) is 1.04. The Kier molecular flexibility index (Phi) is 5.68. The molecule has 0 aromatic rings. The molecule has 0 heterocycles. The molecule has 4 aliphatic rings. The van der Waals surface area contributed by atoms with Crippen molar-refractivity contribution in [3.05, 3.63) is 0 Å². The third kappa shape index (κ3) is 3.51. The van der Waals surface area contributed by atoms with Gasteiger partial charge < -0.3 is 15.5 Å². The lowest BCUT2D eigenvalue weighted by molar-refractivity contribution is -0.120. The van der Waals surface area contributed by atoms with E-state index in [9.17, 15) is 10.2 Å². The summed E-state index contributed by atoms with van der Waals surface area (Å²) in [4.78, 5) is 0. The Morgan fingerprint density at radius 3 is 2.59 bits per heavy atom. The highest BCUT2D eigenvalue weighted by molar-refractivity contribution is 5.08. The second-order valence-corrected chi connectivity index (χ2v) is 11.3. The van der Waals surface area contributed by atoms with Crippen molar-refractivity contribution < 1.29 is 10.2 Å². The molecule has 4 saturated carbocycles. The molecule has 9 atom stereocenters. The normalized spacial score (nSPS) is 50.6. The first-order chi connectivity index (χ1) is 12.9. The maximum Gasteiger partial charge on any atom is 0.0584 e. The molecule has 4 aliphatic carbocycles. The summed E-state index contributed by atoms with van der Waals surface area (Å²) >= 11 is 0. The van der Waals surface area contributed by atoms with Crippen molar-refractivity contribution in [3.63, 3.8) is 0 Å². The van der Waals surface area contributed by atoms with Gasteiger partial charge in [0.1, 0.15) is 0 Å². The van der Waals surface area contributed by atoms with E-state index in [2.05, 4.69) is 26.1 Å². The molecule has 0 spiro atoms. The topological polar surface area (TPSA) is 52.5 Å². The number of hydrogen-bond acceptors (Lipinski definition) is 3. The Morgan fingerprint density at radius 2 is 1.85 bits per heavy atom. The molecule has 3 heteroatoms. The highest BCUT2D eigenvalue weighted by atomic mass is 16.3. The van der Waals surface area contributed by atoms with Gasteiger partial charge in [0.2, 0.25) is 0 Å². The minimum absolute atomic E-state index is 0.0338. The zero-order chi connectivity index (χ0) is 19.2. The van der Waals surface area contributed by atoms with Gasteiger partial charge in [-0.25, -0.2) is 0 Å². The molecule has 0 aliphatic heterocycles. The molecule has 27 heavy (non-hydrogen) atoms. The van der Waals surface area contributed by atoms with E-state index in [4.69, 9.17) is 0 Å². The molecule has 3 N–H and O–H groups in total. The molecular weight excluding hydrogens is 334 g/mol. The fraction of sp³-hybridized carbons (Fsp3) is 1.00. The van der Waals surface area contributed by atoms with Crippen LogP contribution >= 0.6 is 0 Å². The van der Waals surface area contributed by atoms with Crippen molar-refractivity contribution in [2.45, 2.75) is 97.1 Å². The quantitative estimate of drug-likeness (QED) is 0.667. The van der Waals surface area contributed by atoms with E-state index in [0.717, 1.165) is 55.4 Å². The number of aliphatic hydroxyl groups is 2. The molecule has 3 nitrogen and oxygen atoms in total. The van der Waals surface area contributed by atoms with Crippen molar-refractivity contribution in [2.24, 2.45) is 40.4 Å². The predicted octanol–water partition coefficient (Wildman–Crippen LogP) is 4.37. The molecule has 0 amide bonds. The van der Waals surface area contributed by atoms with Gasteiger partial charge in [0, 0.05) is 6.04 Å². The van der Waals surface area contributed by atoms with Crippen molar-refractivity contribution in [2.75, 3.05) is 13.2 Å². The molecule has 4 fully saturated rings. The van der Waals surface area contributed by atoms with Crippen molar-refractivity contribution in [3.8, 4) is 0 Å². The molecule has 0 radical (unpaired) electrons. The van der Waals surface area contributed by atoms with E-state index >= 15 is 0 Å². The summed E-state index contributed by atoms with van der Waals surface area (Å²) in [5.74, 6) is 4.28. The molecule has 156 valence electrons. The highest BCUT2D eigenvalue weighted by Gasteiger charge is 2.59. The van der Waals surface area contributed by atoms with Gasteiger partial charge in [-0.05, 0) is 111 Å². The van der Waals surface area contributed by atoms with Crippen LogP contribution in [0.2, 0.25) is 0 Å². The SMILES string of the molecule is CCC(CO)NC[C@@H]1C[C@H]2[C@@H]3CC[C@H]4C[C@@H](O)CC[C@]4(C)[C@H]3CC[C@]2(C)C1. The number of aliphatic hydroxyl groups excluding tert-OH is 2. The van der Waals surface area contributed by atoms with Gasteiger partial charge in [-0.2, -0.15) is 0 Å². The van der Waals surface area contributed by atoms with Crippen LogP contribution in [0.5, 0.6) is 0 Å². The van der Waals surface area contributed by atoms with Crippen molar-refractivity contribution in [1.82, 2.24) is 5.32 Å². The van der Waals surface area contributed by atoms with Crippen LogP contribution in [0.25, 0.3) is 0 Å². The summed E-state index contributed by atoms with van der Waals surface area (Å²) in [7, 11) is 0. The Labute approximate surface area is 166 Å². The largest absolute Gasteiger partial charge is 0.395 e. The van der Waals surface area contributed by atoms with E-state index in [1.807, 2.05) is 0 Å². The van der Waals surface area contributed by atoms with E-state index in [-0.39, 0.29) is 18.8 Å². The van der Waals surface area contributed by atoms with Gasteiger partial charge in [0.15, 0.2) is 0 Å². The average Bonchev–Trinajstić information content (AvgIpc) is 3.00. The zero-order valence-corrected chi connectivity index (χ0v) is 17.9. The lowest BCUT2D eigenvalue weighted by Crippen LogP contribution is -2.53. The smallest absolute Gasteiger partial charge is 0.0584 e. The molecule has 1 unspecified atom stereocenters. The van der Waals surface area contributed by atoms with Crippen molar-refractivity contribution in [1.29, 1.82) is 0 Å². The molecule has 0 aromatic heterocycles. The first kappa shape index (κ1) is 20.2. The van der Waals surface area contributed by atoms with Crippen LogP contribution in [0.1, 0.15) is 85.0 Å². The standard InChI is InChI=1S/C24H43NO2/c1-4-18(15-26)25-14-16-11-22-20-6-5-17-12-19(27)7-10-24(17,3)21(20)8-9-23(22,2)13-16/h16-22,25-27H,4-15H2,1-3H3/t16-,17+,18?,19+,20-,21+,22+,23-,24+/m1/s1. The van der Waals surface area contributed by atoms with Gasteiger partial charge in [-0.15, -0.1) is 0 Å². The number of hydrogen-bond donors (Lipinski definition) is 3. The first-order valence-electron chi connectivity index (χ1n) is 11.9. The summed E-state index contributed by atoms with van der Waals surface area (Å²) in [6, 6.07) is 0.274. The highest BCUT2D eigenvalue weighted by Crippen LogP contribution is 2.66. The Balaban J connectivity index is 1.45. The molecule has 0 aromatic carbocycles. The van der Waals surface area contributed by atoms with Crippen LogP contribution < -0.4 is 5.32 Å². The summed E-state index contributed by atoms with van der Waals surface area (Å²) in [5, 5.41) is 23.3. The van der Waals surface area contributed by atoms with Gasteiger partial charge >= 0.3 is 0 Å². The Morgan fingerprint density at radius 1 is 1.04 bits per heavy atom. The first-order valence-corrected chi connectivity index (χ1v) is 11.9. The van der Waals surface area contributed by atoms with Crippen molar-refractivity contribution >= 4 is 0 Å².